The third-order valence-corrected chi connectivity index (χ3v) is 4.29. The highest BCUT2D eigenvalue weighted by molar-refractivity contribution is 5.77. The molecule has 1 aromatic heterocycles. The molecule has 0 spiro atoms. The molecule has 100 valence electrons. The number of hydrogen-bond acceptors (Lipinski definition) is 2. The van der Waals surface area contributed by atoms with Crippen molar-refractivity contribution >= 4 is 11.0 Å². The molecular weight excluding hydrogens is 241 g/mol. The van der Waals surface area contributed by atoms with Crippen molar-refractivity contribution < 1.29 is 4.39 Å². The van der Waals surface area contributed by atoms with E-state index < -0.39 is 0 Å². The van der Waals surface area contributed by atoms with Crippen LogP contribution in [-0.4, -0.2) is 22.6 Å². The number of nitrogens with one attached hydrogen (secondary N) is 1. The molecule has 4 rings (SSSR count). The maximum atomic E-state index is 13.9. The zero-order valence-electron chi connectivity index (χ0n) is 10.9. The van der Waals surface area contributed by atoms with Crippen LogP contribution in [0.4, 0.5) is 4.39 Å². The molecule has 0 bridgehead atoms. The molecule has 1 saturated heterocycles. The number of rotatable bonds is 3. The molecule has 0 amide bonds. The summed E-state index contributed by atoms with van der Waals surface area (Å²) >= 11 is 0. The van der Waals surface area contributed by atoms with Crippen molar-refractivity contribution in [3.05, 3.63) is 29.8 Å². The third kappa shape index (κ3) is 1.94. The molecule has 19 heavy (non-hydrogen) atoms. The molecule has 0 radical (unpaired) electrons. The van der Waals surface area contributed by atoms with E-state index in [9.17, 15) is 4.39 Å². The number of halogens is 1. The van der Waals surface area contributed by atoms with E-state index in [0.29, 0.717) is 17.5 Å². The van der Waals surface area contributed by atoms with Gasteiger partial charge in [0.05, 0.1) is 5.52 Å². The molecule has 4 heteroatoms. The number of hydrogen-bond donors (Lipinski definition) is 1. The summed E-state index contributed by atoms with van der Waals surface area (Å²) in [6.07, 6.45) is 4.59. The van der Waals surface area contributed by atoms with Crippen LogP contribution >= 0.6 is 0 Å². The number of fused-ring (bicyclic) bond motifs is 1. The van der Waals surface area contributed by atoms with Gasteiger partial charge in [0.25, 0.3) is 0 Å². The average molecular weight is 259 g/mol. The van der Waals surface area contributed by atoms with E-state index in [-0.39, 0.29) is 5.82 Å². The molecule has 1 atom stereocenters. The van der Waals surface area contributed by atoms with Gasteiger partial charge in [0, 0.05) is 12.5 Å². The number of nitrogens with zero attached hydrogens (tertiary/aromatic N) is 2. The lowest BCUT2D eigenvalue weighted by Gasteiger charge is -2.11. The van der Waals surface area contributed by atoms with Gasteiger partial charge in [0.15, 0.2) is 5.82 Å². The molecule has 1 aliphatic heterocycles. The van der Waals surface area contributed by atoms with Crippen LogP contribution in [0.15, 0.2) is 18.2 Å². The highest BCUT2D eigenvalue weighted by Gasteiger charge is 2.30. The Hall–Kier alpha value is -1.42. The van der Waals surface area contributed by atoms with Gasteiger partial charge in [-0.2, -0.15) is 0 Å². The molecule has 2 aromatic rings. The van der Waals surface area contributed by atoms with Gasteiger partial charge < -0.3 is 9.88 Å². The number of para-hydroxylation sites is 1. The van der Waals surface area contributed by atoms with Gasteiger partial charge >= 0.3 is 0 Å². The summed E-state index contributed by atoms with van der Waals surface area (Å²) in [5.41, 5.74) is 1.53. The highest BCUT2D eigenvalue weighted by Crippen LogP contribution is 2.39. The molecular formula is C15H18FN3. The van der Waals surface area contributed by atoms with Crippen LogP contribution in [0.2, 0.25) is 0 Å². The van der Waals surface area contributed by atoms with Crippen LogP contribution in [0.3, 0.4) is 0 Å². The van der Waals surface area contributed by atoms with Crippen LogP contribution in [0.1, 0.15) is 31.1 Å². The van der Waals surface area contributed by atoms with Gasteiger partial charge in [-0.1, -0.05) is 6.07 Å². The first kappa shape index (κ1) is 11.4. The first-order valence-corrected chi connectivity index (χ1v) is 7.19. The topological polar surface area (TPSA) is 29.9 Å². The van der Waals surface area contributed by atoms with Crippen molar-refractivity contribution in [1.29, 1.82) is 0 Å². The Morgan fingerprint density at radius 2 is 2.21 bits per heavy atom. The summed E-state index contributed by atoms with van der Waals surface area (Å²) in [5, 5.41) is 3.39. The predicted molar refractivity (Wildman–Crippen MR) is 72.6 cm³/mol. The van der Waals surface area contributed by atoms with Crippen LogP contribution in [0.25, 0.3) is 11.0 Å². The number of imidazole rings is 1. The fourth-order valence-electron chi connectivity index (χ4n) is 3.16. The molecule has 2 aliphatic rings. The van der Waals surface area contributed by atoms with E-state index in [1.54, 1.807) is 6.07 Å². The highest BCUT2D eigenvalue weighted by atomic mass is 19.1. The second-order valence-corrected chi connectivity index (χ2v) is 5.80. The van der Waals surface area contributed by atoms with Gasteiger partial charge in [-0.3, -0.25) is 0 Å². The minimum absolute atomic E-state index is 0.192. The van der Waals surface area contributed by atoms with Gasteiger partial charge in [0.1, 0.15) is 11.3 Å². The molecule has 1 unspecified atom stereocenters. The van der Waals surface area contributed by atoms with E-state index in [0.717, 1.165) is 30.9 Å². The first-order valence-electron chi connectivity index (χ1n) is 7.19. The van der Waals surface area contributed by atoms with E-state index in [2.05, 4.69) is 14.9 Å². The number of aromatic nitrogens is 2. The fraction of sp³-hybridized carbons (Fsp3) is 0.533. The summed E-state index contributed by atoms with van der Waals surface area (Å²) in [5.74, 6) is 1.54. The van der Waals surface area contributed by atoms with Gasteiger partial charge in [0.2, 0.25) is 0 Å². The maximum absolute atomic E-state index is 13.9. The molecule has 1 saturated carbocycles. The third-order valence-electron chi connectivity index (χ3n) is 4.29. The smallest absolute Gasteiger partial charge is 0.151 e. The Balaban J connectivity index is 1.79. The molecule has 1 aliphatic carbocycles. The van der Waals surface area contributed by atoms with Gasteiger partial charge in [-0.05, 0) is 50.4 Å². The first-order chi connectivity index (χ1) is 9.33. The Kier molecular flexibility index (Phi) is 2.58. The fourth-order valence-corrected chi connectivity index (χ4v) is 3.16. The van der Waals surface area contributed by atoms with Crippen molar-refractivity contribution in [2.24, 2.45) is 5.92 Å². The lowest BCUT2D eigenvalue weighted by atomic mass is 10.0. The van der Waals surface area contributed by atoms with E-state index >= 15 is 0 Å². The molecule has 3 nitrogen and oxygen atoms in total. The lowest BCUT2D eigenvalue weighted by molar-refractivity contribution is 0.540. The zero-order valence-corrected chi connectivity index (χ0v) is 10.9. The second kappa shape index (κ2) is 4.30. The standard InChI is InChI=1S/C15H18FN3/c16-12-2-1-3-13-15(12)18-14(19(13)11-4-5-11)8-10-6-7-17-9-10/h1-3,10-11,17H,4-9H2. The van der Waals surface area contributed by atoms with E-state index in [1.807, 2.05) is 6.07 Å². The lowest BCUT2D eigenvalue weighted by Crippen LogP contribution is -2.13. The summed E-state index contributed by atoms with van der Waals surface area (Å²) in [6.45, 7) is 2.17. The Labute approximate surface area is 111 Å². The SMILES string of the molecule is Fc1cccc2c1nc(CC1CCNC1)n2C1CC1. The predicted octanol–water partition coefficient (Wildman–Crippen LogP) is 2.66. The minimum atomic E-state index is -0.192. The molecule has 2 fully saturated rings. The Morgan fingerprint density at radius 3 is 2.95 bits per heavy atom. The largest absolute Gasteiger partial charge is 0.325 e. The maximum Gasteiger partial charge on any atom is 0.151 e. The average Bonchev–Trinajstić information content (AvgIpc) is 2.97. The van der Waals surface area contributed by atoms with Crippen LogP contribution in [0, 0.1) is 11.7 Å². The summed E-state index contributed by atoms with van der Waals surface area (Å²) < 4.78 is 16.2. The van der Waals surface area contributed by atoms with Crippen molar-refractivity contribution in [2.45, 2.75) is 31.7 Å². The van der Waals surface area contributed by atoms with Crippen molar-refractivity contribution in [3.63, 3.8) is 0 Å². The summed E-state index contributed by atoms with van der Waals surface area (Å²) in [7, 11) is 0. The van der Waals surface area contributed by atoms with Crippen molar-refractivity contribution in [3.8, 4) is 0 Å². The monoisotopic (exact) mass is 259 g/mol. The van der Waals surface area contributed by atoms with Crippen LogP contribution < -0.4 is 5.32 Å². The van der Waals surface area contributed by atoms with Gasteiger partial charge in [-0.25, -0.2) is 9.37 Å². The van der Waals surface area contributed by atoms with Gasteiger partial charge in [-0.15, -0.1) is 0 Å². The summed E-state index contributed by atoms with van der Waals surface area (Å²) in [4.78, 5) is 4.60. The molecule has 1 aromatic carbocycles. The Bertz CT molecular complexity index is 609. The summed E-state index contributed by atoms with van der Waals surface area (Å²) in [6, 6.07) is 5.85. The molecule has 2 heterocycles. The quantitative estimate of drug-likeness (QED) is 0.918. The normalized spacial score (nSPS) is 23.3. The van der Waals surface area contributed by atoms with Crippen molar-refractivity contribution in [1.82, 2.24) is 14.9 Å². The Morgan fingerprint density at radius 1 is 1.32 bits per heavy atom. The second-order valence-electron chi connectivity index (χ2n) is 5.80. The zero-order chi connectivity index (χ0) is 12.8. The van der Waals surface area contributed by atoms with Crippen LogP contribution in [0.5, 0.6) is 0 Å². The van der Waals surface area contributed by atoms with E-state index in [1.165, 1.54) is 25.3 Å². The van der Waals surface area contributed by atoms with Crippen LogP contribution in [-0.2, 0) is 6.42 Å². The van der Waals surface area contributed by atoms with E-state index in [4.69, 9.17) is 0 Å². The minimum Gasteiger partial charge on any atom is -0.325 e. The molecule has 1 N–H and O–H groups in total. The number of benzene rings is 1. The van der Waals surface area contributed by atoms with Crippen molar-refractivity contribution in [2.75, 3.05) is 13.1 Å².